The van der Waals surface area contributed by atoms with Crippen molar-refractivity contribution in [3.05, 3.63) is 114 Å². The molecular formula is C28H24N4O. The highest BCUT2D eigenvalue weighted by Crippen LogP contribution is 2.24. The fourth-order valence-electron chi connectivity index (χ4n) is 4.07. The zero-order valence-electron chi connectivity index (χ0n) is 18.1. The first-order chi connectivity index (χ1) is 16.3. The second-order valence-corrected chi connectivity index (χ2v) is 7.88. The summed E-state index contributed by atoms with van der Waals surface area (Å²) in [7, 11) is 0. The summed E-state index contributed by atoms with van der Waals surface area (Å²) in [5.41, 5.74) is 6.86. The zero-order chi connectivity index (χ0) is 22.5. The standard InChI is InChI=1S/C28H24N4O/c33-28(18-29-24-12-2-1-3-13-24)31-30-17-23-20-32(27-16-7-6-15-26(23)27)19-22-11-8-10-21-9-4-5-14-25(21)22/h1-17,20,29H,18-19H2,(H,31,33)/b30-17-. The van der Waals surface area contributed by atoms with Gasteiger partial charge in [-0.2, -0.15) is 5.10 Å². The van der Waals surface area contributed by atoms with Crippen LogP contribution in [0.5, 0.6) is 0 Å². The summed E-state index contributed by atoms with van der Waals surface area (Å²) in [5.74, 6) is -0.199. The number of para-hydroxylation sites is 2. The number of carbonyl (C=O) groups is 1. The normalized spacial score (nSPS) is 11.3. The molecule has 0 saturated carbocycles. The van der Waals surface area contributed by atoms with E-state index in [2.05, 4.69) is 81.2 Å². The Kier molecular flexibility index (Phi) is 5.85. The van der Waals surface area contributed by atoms with Crippen molar-refractivity contribution in [3.63, 3.8) is 0 Å². The third kappa shape index (κ3) is 4.62. The van der Waals surface area contributed by atoms with E-state index in [-0.39, 0.29) is 12.5 Å². The van der Waals surface area contributed by atoms with Gasteiger partial charge in [0.15, 0.2) is 0 Å². The summed E-state index contributed by atoms with van der Waals surface area (Å²) >= 11 is 0. The minimum absolute atomic E-state index is 0.157. The van der Waals surface area contributed by atoms with Crippen LogP contribution in [0.4, 0.5) is 5.69 Å². The van der Waals surface area contributed by atoms with Gasteiger partial charge in [-0.1, -0.05) is 78.9 Å². The van der Waals surface area contributed by atoms with Gasteiger partial charge in [-0.25, -0.2) is 5.43 Å². The molecule has 5 rings (SSSR count). The van der Waals surface area contributed by atoms with Gasteiger partial charge in [-0.15, -0.1) is 0 Å². The molecule has 1 amide bonds. The van der Waals surface area contributed by atoms with Gasteiger partial charge in [0, 0.05) is 34.9 Å². The second-order valence-electron chi connectivity index (χ2n) is 7.88. The average Bonchev–Trinajstić information content (AvgIpc) is 3.21. The van der Waals surface area contributed by atoms with Gasteiger partial charge < -0.3 is 9.88 Å². The lowest BCUT2D eigenvalue weighted by Gasteiger charge is -2.09. The van der Waals surface area contributed by atoms with Crippen LogP contribution < -0.4 is 10.7 Å². The maximum atomic E-state index is 12.1. The van der Waals surface area contributed by atoms with Gasteiger partial charge in [0.1, 0.15) is 0 Å². The largest absolute Gasteiger partial charge is 0.376 e. The molecule has 5 aromatic rings. The van der Waals surface area contributed by atoms with E-state index in [9.17, 15) is 4.79 Å². The lowest BCUT2D eigenvalue weighted by atomic mass is 10.0. The Bertz CT molecular complexity index is 1430. The van der Waals surface area contributed by atoms with Crippen LogP contribution in [0.2, 0.25) is 0 Å². The predicted molar refractivity (Wildman–Crippen MR) is 136 cm³/mol. The third-order valence-corrected chi connectivity index (χ3v) is 5.66. The third-order valence-electron chi connectivity index (χ3n) is 5.66. The number of nitrogens with zero attached hydrogens (tertiary/aromatic N) is 2. The molecule has 0 unspecified atom stereocenters. The number of carbonyl (C=O) groups excluding carboxylic acids is 1. The number of anilines is 1. The first-order valence-electron chi connectivity index (χ1n) is 10.9. The van der Waals surface area contributed by atoms with Crippen LogP contribution in [0.25, 0.3) is 21.7 Å². The maximum absolute atomic E-state index is 12.1. The number of hydrazone groups is 1. The number of rotatable bonds is 7. The monoisotopic (exact) mass is 432 g/mol. The van der Waals surface area contributed by atoms with Crippen LogP contribution in [0.15, 0.2) is 108 Å². The Morgan fingerprint density at radius 1 is 0.818 bits per heavy atom. The smallest absolute Gasteiger partial charge is 0.259 e. The summed E-state index contributed by atoms with van der Waals surface area (Å²) in [6.07, 6.45) is 3.80. The van der Waals surface area contributed by atoms with Crippen LogP contribution in [-0.4, -0.2) is 23.2 Å². The molecule has 0 spiro atoms. The Morgan fingerprint density at radius 3 is 2.42 bits per heavy atom. The molecule has 0 radical (unpaired) electrons. The number of amides is 1. The Morgan fingerprint density at radius 2 is 1.55 bits per heavy atom. The number of nitrogens with one attached hydrogen (secondary N) is 2. The van der Waals surface area contributed by atoms with Crippen molar-refractivity contribution in [2.75, 3.05) is 11.9 Å². The summed E-state index contributed by atoms with van der Waals surface area (Å²) in [5, 5.41) is 10.9. The van der Waals surface area contributed by atoms with Crippen LogP contribution >= 0.6 is 0 Å². The van der Waals surface area contributed by atoms with E-state index in [4.69, 9.17) is 0 Å². The molecule has 162 valence electrons. The van der Waals surface area contributed by atoms with Gasteiger partial charge >= 0.3 is 0 Å². The topological polar surface area (TPSA) is 58.4 Å². The summed E-state index contributed by atoms with van der Waals surface area (Å²) in [4.78, 5) is 12.1. The molecule has 0 aliphatic rings. The molecule has 33 heavy (non-hydrogen) atoms. The highest BCUT2D eigenvalue weighted by molar-refractivity contribution is 6.00. The first-order valence-corrected chi connectivity index (χ1v) is 10.9. The molecule has 1 aromatic heterocycles. The fraction of sp³-hybridized carbons (Fsp3) is 0.0714. The Labute approximate surface area is 192 Å². The molecule has 0 aliphatic carbocycles. The molecule has 0 saturated heterocycles. The van der Waals surface area contributed by atoms with Crippen molar-refractivity contribution < 1.29 is 4.79 Å². The average molecular weight is 433 g/mol. The summed E-state index contributed by atoms with van der Waals surface area (Å²) < 4.78 is 2.23. The molecule has 5 nitrogen and oxygen atoms in total. The second kappa shape index (κ2) is 9.40. The van der Waals surface area contributed by atoms with Gasteiger partial charge in [-0.3, -0.25) is 4.79 Å². The molecule has 4 aromatic carbocycles. The minimum Gasteiger partial charge on any atom is -0.376 e. The van der Waals surface area contributed by atoms with E-state index in [0.717, 1.165) is 28.7 Å². The minimum atomic E-state index is -0.199. The van der Waals surface area contributed by atoms with E-state index in [1.54, 1.807) is 6.21 Å². The predicted octanol–water partition coefficient (Wildman–Crippen LogP) is 5.41. The summed E-state index contributed by atoms with van der Waals surface area (Å²) in [6.45, 7) is 0.910. The van der Waals surface area contributed by atoms with E-state index >= 15 is 0 Å². The van der Waals surface area contributed by atoms with Gasteiger partial charge in [-0.05, 0) is 34.5 Å². The quantitative estimate of drug-likeness (QED) is 0.267. The van der Waals surface area contributed by atoms with Crippen molar-refractivity contribution in [3.8, 4) is 0 Å². The molecule has 0 atom stereocenters. The molecule has 0 fully saturated rings. The Balaban J connectivity index is 1.33. The van der Waals surface area contributed by atoms with Crippen molar-refractivity contribution in [1.82, 2.24) is 9.99 Å². The van der Waals surface area contributed by atoms with Gasteiger partial charge in [0.25, 0.3) is 5.91 Å². The molecule has 2 N–H and O–H groups in total. The summed E-state index contributed by atoms with van der Waals surface area (Å²) in [6, 6.07) is 32.7. The highest BCUT2D eigenvalue weighted by Gasteiger charge is 2.09. The van der Waals surface area contributed by atoms with Gasteiger partial charge in [0.2, 0.25) is 0 Å². The molecule has 1 heterocycles. The SMILES string of the molecule is O=C(CNc1ccccc1)N/N=C\c1cn(Cc2cccc3ccccc23)c2ccccc12. The van der Waals surface area contributed by atoms with Crippen molar-refractivity contribution in [1.29, 1.82) is 0 Å². The van der Waals surface area contributed by atoms with Gasteiger partial charge in [0.05, 0.1) is 12.8 Å². The molecule has 0 aliphatic heterocycles. The molecule has 5 heteroatoms. The van der Waals surface area contributed by atoms with E-state index in [1.807, 2.05) is 42.5 Å². The zero-order valence-corrected chi connectivity index (χ0v) is 18.1. The highest BCUT2D eigenvalue weighted by atomic mass is 16.2. The van der Waals surface area contributed by atoms with Crippen LogP contribution in [-0.2, 0) is 11.3 Å². The molecular weight excluding hydrogens is 408 g/mol. The maximum Gasteiger partial charge on any atom is 0.259 e. The van der Waals surface area contributed by atoms with E-state index < -0.39 is 0 Å². The van der Waals surface area contributed by atoms with Crippen molar-refractivity contribution in [2.45, 2.75) is 6.54 Å². The Hall–Kier alpha value is -4.38. The van der Waals surface area contributed by atoms with E-state index in [0.29, 0.717) is 0 Å². The first kappa shape index (κ1) is 20.5. The van der Waals surface area contributed by atoms with Crippen LogP contribution in [0.1, 0.15) is 11.1 Å². The van der Waals surface area contributed by atoms with Crippen LogP contribution in [0, 0.1) is 0 Å². The van der Waals surface area contributed by atoms with Crippen molar-refractivity contribution in [2.24, 2.45) is 5.10 Å². The van der Waals surface area contributed by atoms with Crippen molar-refractivity contribution >= 4 is 39.5 Å². The van der Waals surface area contributed by atoms with Crippen LogP contribution in [0.3, 0.4) is 0 Å². The molecule has 0 bridgehead atoms. The number of fused-ring (bicyclic) bond motifs is 2. The number of hydrogen-bond donors (Lipinski definition) is 2. The number of hydrogen-bond acceptors (Lipinski definition) is 3. The lowest BCUT2D eigenvalue weighted by Crippen LogP contribution is -2.25. The lowest BCUT2D eigenvalue weighted by molar-refractivity contribution is -0.119. The number of aromatic nitrogens is 1. The van der Waals surface area contributed by atoms with E-state index in [1.165, 1.54) is 16.3 Å². The number of benzene rings is 4. The fourth-order valence-corrected chi connectivity index (χ4v) is 4.07.